The van der Waals surface area contributed by atoms with E-state index in [9.17, 15) is 0 Å². The van der Waals surface area contributed by atoms with Gasteiger partial charge in [-0.2, -0.15) is 4.98 Å². The lowest BCUT2D eigenvalue weighted by molar-refractivity contribution is -0.0892. The van der Waals surface area contributed by atoms with E-state index < -0.39 is 0 Å². The predicted octanol–water partition coefficient (Wildman–Crippen LogP) is 0.540. The molecule has 0 amide bonds. The topological polar surface area (TPSA) is 69.4 Å². The van der Waals surface area contributed by atoms with E-state index in [0.717, 1.165) is 52.0 Å². The Morgan fingerprint density at radius 1 is 1.44 bits per heavy atom. The van der Waals surface area contributed by atoms with Gasteiger partial charge in [0.05, 0.1) is 12.2 Å². The van der Waals surface area contributed by atoms with E-state index in [-0.39, 0.29) is 5.60 Å². The average molecular weight is 253 g/mol. The van der Waals surface area contributed by atoms with Crippen molar-refractivity contribution in [3.05, 3.63) is 12.2 Å². The van der Waals surface area contributed by atoms with Crippen molar-refractivity contribution >= 4 is 0 Å². The van der Waals surface area contributed by atoms with E-state index in [4.69, 9.17) is 14.0 Å². The molecule has 0 bridgehead atoms. The second kappa shape index (κ2) is 5.34. The van der Waals surface area contributed by atoms with Crippen molar-refractivity contribution < 1.29 is 14.0 Å². The molecule has 0 aliphatic carbocycles. The van der Waals surface area contributed by atoms with Gasteiger partial charge < -0.3 is 19.3 Å². The highest BCUT2D eigenvalue weighted by molar-refractivity contribution is 4.93. The SMILES string of the molecule is c1noc(CCNC2CCOC3(CCOC3)C2)n1. The highest BCUT2D eigenvalue weighted by Gasteiger charge is 2.40. The Hall–Kier alpha value is -0.980. The molecule has 2 atom stereocenters. The van der Waals surface area contributed by atoms with Crippen molar-refractivity contribution in [2.24, 2.45) is 0 Å². The van der Waals surface area contributed by atoms with Crippen LogP contribution in [0.5, 0.6) is 0 Å². The van der Waals surface area contributed by atoms with E-state index in [2.05, 4.69) is 15.5 Å². The zero-order chi connectivity index (χ0) is 12.3. The van der Waals surface area contributed by atoms with Gasteiger partial charge in [0, 0.05) is 38.6 Å². The van der Waals surface area contributed by atoms with Gasteiger partial charge in [0.2, 0.25) is 5.89 Å². The first-order chi connectivity index (χ1) is 8.86. The van der Waals surface area contributed by atoms with Crippen LogP contribution in [0.1, 0.15) is 25.2 Å². The Morgan fingerprint density at radius 3 is 3.22 bits per heavy atom. The molecule has 2 saturated heterocycles. The number of ether oxygens (including phenoxy) is 2. The molecule has 2 aliphatic heterocycles. The van der Waals surface area contributed by atoms with Crippen LogP contribution in [0.3, 0.4) is 0 Å². The summed E-state index contributed by atoms with van der Waals surface area (Å²) in [6.45, 7) is 3.26. The smallest absolute Gasteiger partial charge is 0.227 e. The van der Waals surface area contributed by atoms with Crippen LogP contribution in [0, 0.1) is 0 Å². The minimum atomic E-state index is -0.0274. The molecule has 2 aliphatic rings. The summed E-state index contributed by atoms with van der Waals surface area (Å²) < 4.78 is 16.3. The second-order valence-corrected chi connectivity index (χ2v) is 5.06. The van der Waals surface area contributed by atoms with E-state index in [1.807, 2.05) is 0 Å². The van der Waals surface area contributed by atoms with Gasteiger partial charge >= 0.3 is 0 Å². The molecule has 6 heteroatoms. The number of hydrogen-bond acceptors (Lipinski definition) is 6. The third-order valence-corrected chi connectivity index (χ3v) is 3.74. The fourth-order valence-corrected chi connectivity index (χ4v) is 2.75. The standard InChI is InChI=1S/C12H19N3O3/c1(11-14-9-15-18-11)4-13-10-2-5-17-12(7-10)3-6-16-8-12/h9-10,13H,1-8H2. The number of hydrogen-bond donors (Lipinski definition) is 1. The first-order valence-corrected chi connectivity index (χ1v) is 6.57. The second-order valence-electron chi connectivity index (χ2n) is 5.06. The molecule has 6 nitrogen and oxygen atoms in total. The molecule has 0 aromatic carbocycles. The summed E-state index contributed by atoms with van der Waals surface area (Å²) in [7, 11) is 0. The number of nitrogens with zero attached hydrogens (tertiary/aromatic N) is 2. The summed E-state index contributed by atoms with van der Waals surface area (Å²) in [6, 6.07) is 0.503. The Morgan fingerprint density at radius 2 is 2.44 bits per heavy atom. The first-order valence-electron chi connectivity index (χ1n) is 6.57. The quantitative estimate of drug-likeness (QED) is 0.844. The average Bonchev–Trinajstić information content (AvgIpc) is 3.02. The molecule has 1 spiro atoms. The minimum Gasteiger partial charge on any atom is -0.378 e. The Kier molecular flexibility index (Phi) is 3.58. The molecule has 1 aromatic heterocycles. The molecule has 0 saturated carbocycles. The zero-order valence-corrected chi connectivity index (χ0v) is 10.4. The fraction of sp³-hybridized carbons (Fsp3) is 0.833. The van der Waals surface area contributed by atoms with Gasteiger partial charge in [0.1, 0.15) is 0 Å². The molecule has 1 aromatic rings. The monoisotopic (exact) mass is 253 g/mol. The molecule has 1 N–H and O–H groups in total. The summed E-state index contributed by atoms with van der Waals surface area (Å²) in [5.41, 5.74) is -0.0274. The Labute approximate surface area is 106 Å². The number of aromatic nitrogens is 2. The first kappa shape index (κ1) is 12.1. The normalized spacial score (nSPS) is 32.1. The minimum absolute atomic E-state index is 0.0274. The van der Waals surface area contributed by atoms with Crippen molar-refractivity contribution in [2.75, 3.05) is 26.4 Å². The van der Waals surface area contributed by atoms with Gasteiger partial charge in [-0.3, -0.25) is 0 Å². The van der Waals surface area contributed by atoms with Crippen LogP contribution in [0.15, 0.2) is 10.9 Å². The summed E-state index contributed by atoms with van der Waals surface area (Å²) >= 11 is 0. The maximum atomic E-state index is 5.90. The van der Waals surface area contributed by atoms with Gasteiger partial charge in [-0.15, -0.1) is 0 Å². The highest BCUT2D eigenvalue weighted by atomic mass is 16.6. The third kappa shape index (κ3) is 2.71. The van der Waals surface area contributed by atoms with Crippen LogP contribution >= 0.6 is 0 Å². The molecular weight excluding hydrogens is 234 g/mol. The van der Waals surface area contributed by atoms with Crippen LogP contribution in [0.25, 0.3) is 0 Å². The summed E-state index contributed by atoms with van der Waals surface area (Å²) in [4.78, 5) is 4.01. The molecule has 3 heterocycles. The molecule has 100 valence electrons. The van der Waals surface area contributed by atoms with Crippen LogP contribution in [0.2, 0.25) is 0 Å². The molecule has 3 rings (SSSR count). The Bertz CT molecular complexity index is 363. The Balaban J connectivity index is 1.45. The third-order valence-electron chi connectivity index (χ3n) is 3.74. The highest BCUT2D eigenvalue weighted by Crippen LogP contribution is 2.32. The maximum Gasteiger partial charge on any atom is 0.227 e. The summed E-state index contributed by atoms with van der Waals surface area (Å²) in [5, 5.41) is 7.14. The van der Waals surface area contributed by atoms with Crippen molar-refractivity contribution in [1.29, 1.82) is 0 Å². The van der Waals surface area contributed by atoms with Crippen LogP contribution in [0.4, 0.5) is 0 Å². The van der Waals surface area contributed by atoms with Crippen molar-refractivity contribution in [3.63, 3.8) is 0 Å². The lowest BCUT2D eigenvalue weighted by Gasteiger charge is -2.37. The molecule has 0 radical (unpaired) electrons. The summed E-state index contributed by atoms with van der Waals surface area (Å²) in [5.74, 6) is 0.688. The molecule has 2 unspecified atom stereocenters. The largest absolute Gasteiger partial charge is 0.378 e. The lowest BCUT2D eigenvalue weighted by atomic mass is 9.89. The predicted molar refractivity (Wildman–Crippen MR) is 63.1 cm³/mol. The van der Waals surface area contributed by atoms with E-state index >= 15 is 0 Å². The van der Waals surface area contributed by atoms with Crippen molar-refractivity contribution in [3.8, 4) is 0 Å². The van der Waals surface area contributed by atoms with Crippen molar-refractivity contribution in [2.45, 2.75) is 37.3 Å². The number of rotatable bonds is 4. The van der Waals surface area contributed by atoms with Crippen molar-refractivity contribution in [1.82, 2.24) is 15.5 Å². The molecule has 18 heavy (non-hydrogen) atoms. The van der Waals surface area contributed by atoms with E-state index in [1.165, 1.54) is 6.33 Å². The maximum absolute atomic E-state index is 5.90. The lowest BCUT2D eigenvalue weighted by Crippen LogP contribution is -2.47. The fourth-order valence-electron chi connectivity index (χ4n) is 2.75. The molecule has 2 fully saturated rings. The van der Waals surface area contributed by atoms with Gasteiger partial charge in [0.15, 0.2) is 6.33 Å². The van der Waals surface area contributed by atoms with Crippen LogP contribution in [-0.4, -0.2) is 48.1 Å². The van der Waals surface area contributed by atoms with Crippen LogP contribution < -0.4 is 5.32 Å². The van der Waals surface area contributed by atoms with Gasteiger partial charge in [-0.25, -0.2) is 0 Å². The van der Waals surface area contributed by atoms with E-state index in [0.29, 0.717) is 11.9 Å². The molecular formula is C12H19N3O3. The van der Waals surface area contributed by atoms with E-state index in [1.54, 1.807) is 0 Å². The number of nitrogens with one attached hydrogen (secondary N) is 1. The van der Waals surface area contributed by atoms with Gasteiger partial charge in [-0.1, -0.05) is 5.16 Å². The van der Waals surface area contributed by atoms with Crippen LogP contribution in [-0.2, 0) is 15.9 Å². The van der Waals surface area contributed by atoms with Gasteiger partial charge in [0.25, 0.3) is 0 Å². The summed E-state index contributed by atoms with van der Waals surface area (Å²) in [6.07, 6.45) is 5.34. The zero-order valence-electron chi connectivity index (χ0n) is 10.4. The van der Waals surface area contributed by atoms with Gasteiger partial charge in [-0.05, 0) is 12.8 Å².